The Hall–Kier alpha value is -1.31. The van der Waals surface area contributed by atoms with Crippen LogP contribution in [0.5, 0.6) is 0 Å². The van der Waals surface area contributed by atoms with Crippen LogP contribution in [0.3, 0.4) is 0 Å². The molecule has 0 bridgehead atoms. The summed E-state index contributed by atoms with van der Waals surface area (Å²) in [6.45, 7) is 14.1. The molecule has 0 N–H and O–H groups in total. The van der Waals surface area contributed by atoms with Crippen molar-refractivity contribution in [3.8, 4) is 0 Å². The van der Waals surface area contributed by atoms with Crippen LogP contribution in [-0.4, -0.2) is 11.6 Å². The summed E-state index contributed by atoms with van der Waals surface area (Å²) < 4.78 is 5.26. The number of ether oxygens (including phenoxy) is 1. The number of rotatable bonds is 7. The van der Waals surface area contributed by atoms with E-state index in [9.17, 15) is 4.79 Å². The van der Waals surface area contributed by atoms with E-state index in [0.29, 0.717) is 5.92 Å². The fourth-order valence-corrected chi connectivity index (χ4v) is 1.83. The molecule has 0 aromatic heterocycles. The van der Waals surface area contributed by atoms with Crippen molar-refractivity contribution < 1.29 is 9.53 Å². The Kier molecular flexibility index (Phi) is 9.00. The van der Waals surface area contributed by atoms with Gasteiger partial charge in [-0.3, -0.25) is 0 Å². The predicted octanol–water partition coefficient (Wildman–Crippen LogP) is 5.60. The lowest BCUT2D eigenvalue weighted by molar-refractivity contribution is -0.148. The molecule has 0 radical (unpaired) electrons. The van der Waals surface area contributed by atoms with Gasteiger partial charge in [0.15, 0.2) is 0 Å². The quantitative estimate of drug-likeness (QED) is 0.264. The Morgan fingerprint density at radius 3 is 2.33 bits per heavy atom. The van der Waals surface area contributed by atoms with E-state index in [2.05, 4.69) is 32.9 Å². The second kappa shape index (κ2) is 9.59. The van der Waals surface area contributed by atoms with Crippen LogP contribution < -0.4 is 0 Å². The van der Waals surface area contributed by atoms with Crippen LogP contribution in [0.4, 0.5) is 0 Å². The Balaban J connectivity index is 4.17. The van der Waals surface area contributed by atoms with Gasteiger partial charge >= 0.3 is 5.97 Å². The molecular weight excluding hydrogens is 260 g/mol. The molecule has 0 heterocycles. The molecule has 120 valence electrons. The van der Waals surface area contributed by atoms with E-state index in [4.69, 9.17) is 4.74 Å². The fraction of sp³-hybridized carbons (Fsp3) is 0.632. The molecule has 0 fully saturated rings. The highest BCUT2D eigenvalue weighted by Crippen LogP contribution is 2.13. The second-order valence-electron chi connectivity index (χ2n) is 7.02. The van der Waals surface area contributed by atoms with Gasteiger partial charge in [-0.15, -0.1) is 0 Å². The third-order valence-corrected chi connectivity index (χ3v) is 2.88. The van der Waals surface area contributed by atoms with Crippen LogP contribution in [0.25, 0.3) is 0 Å². The Bertz CT molecular complexity index is 402. The highest BCUT2D eigenvalue weighted by atomic mass is 16.6. The predicted molar refractivity (Wildman–Crippen MR) is 91.2 cm³/mol. The van der Waals surface area contributed by atoms with E-state index < -0.39 is 5.60 Å². The zero-order valence-corrected chi connectivity index (χ0v) is 14.8. The van der Waals surface area contributed by atoms with Crippen LogP contribution in [0.1, 0.15) is 67.7 Å². The number of allylic oxidation sites excluding steroid dienone is 5. The minimum atomic E-state index is -0.434. The summed E-state index contributed by atoms with van der Waals surface area (Å²) in [5.74, 6) is 0.382. The molecule has 1 unspecified atom stereocenters. The van der Waals surface area contributed by atoms with Crippen molar-refractivity contribution >= 4 is 5.97 Å². The third-order valence-electron chi connectivity index (χ3n) is 2.88. The second-order valence-corrected chi connectivity index (χ2v) is 7.02. The van der Waals surface area contributed by atoms with Crippen molar-refractivity contribution in [3.63, 3.8) is 0 Å². The van der Waals surface area contributed by atoms with Gasteiger partial charge in [0.25, 0.3) is 0 Å². The van der Waals surface area contributed by atoms with Gasteiger partial charge in [-0.2, -0.15) is 0 Å². The summed E-state index contributed by atoms with van der Waals surface area (Å²) in [5, 5.41) is 0. The van der Waals surface area contributed by atoms with Crippen LogP contribution >= 0.6 is 0 Å². The summed E-state index contributed by atoms with van der Waals surface area (Å²) >= 11 is 0. The van der Waals surface area contributed by atoms with Gasteiger partial charge in [0, 0.05) is 6.08 Å². The lowest BCUT2D eigenvalue weighted by Crippen LogP contribution is -2.22. The number of esters is 1. The largest absolute Gasteiger partial charge is 0.457 e. The average molecular weight is 292 g/mol. The first kappa shape index (κ1) is 19.7. The van der Waals surface area contributed by atoms with Crippen molar-refractivity contribution in [2.45, 2.75) is 73.3 Å². The molecule has 2 nitrogen and oxygen atoms in total. The van der Waals surface area contributed by atoms with Gasteiger partial charge in [-0.25, -0.2) is 4.79 Å². The summed E-state index contributed by atoms with van der Waals surface area (Å²) in [4.78, 5) is 11.6. The van der Waals surface area contributed by atoms with Gasteiger partial charge in [0.1, 0.15) is 5.60 Å². The number of hydrogen-bond donors (Lipinski definition) is 0. The number of carbonyl (C=O) groups is 1. The van der Waals surface area contributed by atoms with E-state index in [0.717, 1.165) is 18.4 Å². The third kappa shape index (κ3) is 13.4. The van der Waals surface area contributed by atoms with Crippen molar-refractivity contribution in [1.29, 1.82) is 0 Å². The Morgan fingerprint density at radius 2 is 1.81 bits per heavy atom. The maximum atomic E-state index is 11.6. The lowest BCUT2D eigenvalue weighted by Gasteiger charge is -2.18. The molecule has 0 aliphatic carbocycles. The van der Waals surface area contributed by atoms with Gasteiger partial charge in [0.05, 0.1) is 0 Å². The molecule has 0 saturated heterocycles. The van der Waals surface area contributed by atoms with Gasteiger partial charge < -0.3 is 4.74 Å². The first-order valence-electron chi connectivity index (χ1n) is 7.81. The zero-order valence-electron chi connectivity index (χ0n) is 14.8. The maximum Gasteiger partial charge on any atom is 0.331 e. The zero-order chi connectivity index (χ0) is 16.5. The molecule has 1 atom stereocenters. The number of carbonyl (C=O) groups excluding carboxylic acids is 1. The molecule has 0 aliphatic heterocycles. The smallest absolute Gasteiger partial charge is 0.331 e. The van der Waals surface area contributed by atoms with Crippen LogP contribution in [0.2, 0.25) is 0 Å². The minimum absolute atomic E-state index is 0.277. The summed E-state index contributed by atoms with van der Waals surface area (Å²) in [7, 11) is 0. The molecule has 0 aromatic carbocycles. The fourth-order valence-electron chi connectivity index (χ4n) is 1.83. The molecule has 0 spiro atoms. The topological polar surface area (TPSA) is 26.3 Å². The molecule has 2 heteroatoms. The number of hydrogen-bond acceptors (Lipinski definition) is 2. The average Bonchev–Trinajstić information content (AvgIpc) is 2.25. The Morgan fingerprint density at radius 1 is 1.19 bits per heavy atom. The normalized spacial score (nSPS) is 14.1. The van der Waals surface area contributed by atoms with E-state index in [-0.39, 0.29) is 5.97 Å². The SMILES string of the molecule is CC(C)=CCCC(C)CC=CC(C)=CC(=O)OC(C)(C)C. The van der Waals surface area contributed by atoms with E-state index in [1.807, 2.05) is 33.8 Å². The van der Waals surface area contributed by atoms with E-state index in [1.165, 1.54) is 12.0 Å². The van der Waals surface area contributed by atoms with Crippen molar-refractivity contribution in [2.24, 2.45) is 5.92 Å². The molecule has 0 rings (SSSR count). The molecule has 0 amide bonds. The molecule has 0 saturated carbocycles. The van der Waals surface area contributed by atoms with Gasteiger partial charge in [-0.1, -0.05) is 30.7 Å². The van der Waals surface area contributed by atoms with Crippen molar-refractivity contribution in [3.05, 3.63) is 35.5 Å². The van der Waals surface area contributed by atoms with E-state index >= 15 is 0 Å². The highest BCUT2D eigenvalue weighted by molar-refractivity contribution is 5.83. The van der Waals surface area contributed by atoms with Crippen LogP contribution in [0.15, 0.2) is 35.5 Å². The lowest BCUT2D eigenvalue weighted by atomic mass is 10.0. The molecule has 0 aliphatic rings. The Labute approximate surface area is 131 Å². The minimum Gasteiger partial charge on any atom is -0.457 e. The van der Waals surface area contributed by atoms with Crippen molar-refractivity contribution in [2.75, 3.05) is 0 Å². The molecule has 21 heavy (non-hydrogen) atoms. The summed E-state index contributed by atoms with van der Waals surface area (Å²) in [6.07, 6.45) is 11.4. The first-order chi connectivity index (χ1) is 9.60. The van der Waals surface area contributed by atoms with Crippen LogP contribution in [0, 0.1) is 5.92 Å². The summed E-state index contributed by atoms with van der Waals surface area (Å²) in [6, 6.07) is 0. The monoisotopic (exact) mass is 292 g/mol. The highest BCUT2D eigenvalue weighted by Gasteiger charge is 2.14. The first-order valence-corrected chi connectivity index (χ1v) is 7.81. The molecule has 0 aromatic rings. The summed E-state index contributed by atoms with van der Waals surface area (Å²) in [5.41, 5.74) is 1.88. The van der Waals surface area contributed by atoms with Crippen LogP contribution in [-0.2, 0) is 9.53 Å². The van der Waals surface area contributed by atoms with Gasteiger partial charge in [0.2, 0.25) is 0 Å². The van der Waals surface area contributed by atoms with Crippen molar-refractivity contribution in [1.82, 2.24) is 0 Å². The maximum absolute atomic E-state index is 11.6. The van der Waals surface area contributed by atoms with Gasteiger partial charge in [-0.05, 0) is 72.3 Å². The van der Waals surface area contributed by atoms with E-state index in [1.54, 1.807) is 6.08 Å². The standard InChI is InChI=1S/C19H32O2/c1-15(2)10-8-11-16(3)12-9-13-17(4)14-18(20)21-19(5,6)7/h9-10,13-14,16H,8,11-12H2,1-7H3. The molecular formula is C19H32O2.